The summed E-state index contributed by atoms with van der Waals surface area (Å²) in [5.41, 5.74) is 0. The molecule has 0 aromatic rings. The minimum Gasteiger partial charge on any atom is -0.550 e. The number of ether oxygens (including phenoxy) is 1. The Hall–Kier alpha value is -1.18. The first-order chi connectivity index (χ1) is 9.23. The van der Waals surface area contributed by atoms with E-state index in [2.05, 4.69) is 21.1 Å². The van der Waals surface area contributed by atoms with Crippen molar-refractivity contribution >= 4 is 11.9 Å². The normalized spacial score (nSPS) is 13.0. The van der Waals surface area contributed by atoms with Crippen LogP contribution < -0.4 is 5.11 Å². The Balaban J connectivity index is 0. The van der Waals surface area contributed by atoms with Gasteiger partial charge in [0.1, 0.15) is 25.8 Å². The summed E-state index contributed by atoms with van der Waals surface area (Å²) >= 11 is 0. The molecule has 0 saturated heterocycles. The highest BCUT2D eigenvalue weighted by molar-refractivity contribution is 5.65. The molecular formula is C14H31N2O5+. The lowest BCUT2D eigenvalue weighted by atomic mass is 10.2. The van der Waals surface area contributed by atoms with Crippen LogP contribution in [0.2, 0.25) is 0 Å². The molecule has 126 valence electrons. The third kappa shape index (κ3) is 24.2. The van der Waals surface area contributed by atoms with E-state index in [9.17, 15) is 14.7 Å². The molecule has 0 aromatic carbocycles. The first-order valence-corrected chi connectivity index (χ1v) is 6.85. The van der Waals surface area contributed by atoms with E-state index in [0.717, 1.165) is 11.0 Å². The Morgan fingerprint density at radius 3 is 1.86 bits per heavy atom. The zero-order chi connectivity index (χ0) is 17.3. The molecule has 0 radical (unpaired) electrons. The van der Waals surface area contributed by atoms with Crippen LogP contribution in [0.25, 0.3) is 0 Å². The lowest BCUT2D eigenvalue weighted by molar-refractivity contribution is -0.873. The Bertz CT molecular complexity index is 318. The van der Waals surface area contributed by atoms with Crippen LogP contribution in [0.3, 0.4) is 0 Å². The standard InChI is InChI=1S/C7H15NO3.C7H16NO2/c1-8(2,3)5-6(9)4-7(10)11;1-7(9)10-6-5-8(2,3)4/h6,9H,4-5H2,1-3H3;5-6H2,1-4H3/q;+1/t6-;/m1./s1. The van der Waals surface area contributed by atoms with Crippen molar-refractivity contribution < 1.29 is 33.5 Å². The molecule has 0 bridgehead atoms. The lowest BCUT2D eigenvalue weighted by Crippen LogP contribution is -2.43. The van der Waals surface area contributed by atoms with Crippen LogP contribution in [-0.4, -0.2) is 94.1 Å². The summed E-state index contributed by atoms with van der Waals surface area (Å²) in [6.07, 6.45) is -1.09. The van der Waals surface area contributed by atoms with Gasteiger partial charge in [0.25, 0.3) is 0 Å². The van der Waals surface area contributed by atoms with Crippen molar-refractivity contribution in [1.82, 2.24) is 0 Å². The predicted molar refractivity (Wildman–Crippen MR) is 78.1 cm³/mol. The van der Waals surface area contributed by atoms with E-state index in [1.54, 1.807) is 0 Å². The molecule has 0 heterocycles. The fourth-order valence-electron chi connectivity index (χ4n) is 1.35. The van der Waals surface area contributed by atoms with Gasteiger partial charge in [-0.3, -0.25) is 4.79 Å². The van der Waals surface area contributed by atoms with Crippen molar-refractivity contribution in [2.45, 2.75) is 19.4 Å². The fraction of sp³-hybridized carbons (Fsp3) is 0.857. The Labute approximate surface area is 127 Å². The van der Waals surface area contributed by atoms with Gasteiger partial charge in [0, 0.05) is 19.3 Å². The van der Waals surface area contributed by atoms with E-state index in [-0.39, 0.29) is 12.4 Å². The third-order valence-electron chi connectivity index (χ3n) is 2.23. The molecule has 0 aliphatic rings. The van der Waals surface area contributed by atoms with E-state index in [1.807, 2.05) is 21.1 Å². The topological polar surface area (TPSA) is 86.7 Å². The van der Waals surface area contributed by atoms with E-state index in [1.165, 1.54) is 6.92 Å². The fourth-order valence-corrected chi connectivity index (χ4v) is 1.35. The quantitative estimate of drug-likeness (QED) is 0.454. The highest BCUT2D eigenvalue weighted by atomic mass is 16.5. The largest absolute Gasteiger partial charge is 0.550 e. The number of quaternary nitrogens is 2. The number of likely N-dealkylation sites (N-methyl/N-ethyl adjacent to an activating group) is 2. The lowest BCUT2D eigenvalue weighted by Gasteiger charge is -2.26. The van der Waals surface area contributed by atoms with Crippen molar-refractivity contribution in [2.24, 2.45) is 0 Å². The van der Waals surface area contributed by atoms with Crippen molar-refractivity contribution in [3.8, 4) is 0 Å². The molecule has 1 atom stereocenters. The van der Waals surface area contributed by atoms with Gasteiger partial charge in [-0.1, -0.05) is 0 Å². The molecule has 0 aromatic heterocycles. The summed E-state index contributed by atoms with van der Waals surface area (Å²) in [6.45, 7) is 3.22. The maximum atomic E-state index is 10.3. The SMILES string of the molecule is CC(=O)OCC[N+](C)(C)C.C[N+](C)(C)C[C@H](O)CC(=O)[O-]. The average molecular weight is 307 g/mol. The molecule has 0 rings (SSSR count). The summed E-state index contributed by atoms with van der Waals surface area (Å²) in [6, 6.07) is 0. The van der Waals surface area contributed by atoms with Crippen molar-refractivity contribution in [3.05, 3.63) is 0 Å². The summed E-state index contributed by atoms with van der Waals surface area (Å²) in [5.74, 6) is -1.40. The number of hydrogen-bond donors (Lipinski definition) is 1. The molecule has 1 N–H and O–H groups in total. The number of carboxylic acid groups (broad SMARTS) is 1. The Morgan fingerprint density at radius 1 is 1.10 bits per heavy atom. The molecular weight excluding hydrogens is 276 g/mol. The van der Waals surface area contributed by atoms with Crippen LogP contribution in [0.1, 0.15) is 13.3 Å². The highest BCUT2D eigenvalue weighted by Gasteiger charge is 2.14. The second kappa shape index (κ2) is 9.70. The maximum Gasteiger partial charge on any atom is 0.302 e. The molecule has 0 amide bonds. The van der Waals surface area contributed by atoms with E-state index in [4.69, 9.17) is 9.84 Å². The third-order valence-corrected chi connectivity index (χ3v) is 2.23. The first kappa shape index (κ1) is 22.1. The molecule has 0 aliphatic carbocycles. The Kier molecular flexibility index (Phi) is 10.2. The summed E-state index contributed by atoms with van der Waals surface area (Å²) < 4.78 is 6.14. The number of hydrogen-bond acceptors (Lipinski definition) is 5. The monoisotopic (exact) mass is 307 g/mol. The zero-order valence-corrected chi connectivity index (χ0v) is 14.4. The van der Waals surface area contributed by atoms with Crippen molar-refractivity contribution in [2.75, 3.05) is 62.0 Å². The Morgan fingerprint density at radius 2 is 1.57 bits per heavy atom. The number of aliphatic hydroxyl groups excluding tert-OH is 1. The second-order valence-electron chi connectivity index (χ2n) is 7.06. The summed E-state index contributed by atoms with van der Waals surface area (Å²) in [7, 11) is 11.8. The summed E-state index contributed by atoms with van der Waals surface area (Å²) in [5, 5.41) is 19.1. The van der Waals surface area contributed by atoms with E-state index < -0.39 is 12.1 Å². The van der Waals surface area contributed by atoms with Gasteiger partial charge in [-0.2, -0.15) is 0 Å². The summed E-state index contributed by atoms with van der Waals surface area (Å²) in [4.78, 5) is 20.3. The highest BCUT2D eigenvalue weighted by Crippen LogP contribution is 1.97. The van der Waals surface area contributed by atoms with Crippen molar-refractivity contribution in [1.29, 1.82) is 0 Å². The smallest absolute Gasteiger partial charge is 0.302 e. The van der Waals surface area contributed by atoms with Crippen LogP contribution in [0, 0.1) is 0 Å². The van der Waals surface area contributed by atoms with Gasteiger partial charge in [-0.15, -0.1) is 0 Å². The predicted octanol–water partition coefficient (Wildman–Crippen LogP) is -1.55. The maximum absolute atomic E-state index is 10.3. The van der Waals surface area contributed by atoms with Crippen LogP contribution in [0.15, 0.2) is 0 Å². The molecule has 0 fully saturated rings. The number of nitrogens with zero attached hydrogens (tertiary/aromatic N) is 2. The van der Waals surface area contributed by atoms with Crippen LogP contribution >= 0.6 is 0 Å². The number of aliphatic hydroxyl groups is 1. The molecule has 7 heteroatoms. The number of rotatable bonds is 7. The molecule has 0 saturated carbocycles. The minimum absolute atomic E-state index is 0.201. The van der Waals surface area contributed by atoms with Gasteiger partial charge in [0.2, 0.25) is 0 Å². The molecule has 0 unspecified atom stereocenters. The first-order valence-electron chi connectivity index (χ1n) is 6.85. The van der Waals surface area contributed by atoms with Crippen LogP contribution in [0.5, 0.6) is 0 Å². The van der Waals surface area contributed by atoms with Gasteiger partial charge in [-0.05, 0) is 0 Å². The molecule has 0 spiro atoms. The second-order valence-corrected chi connectivity index (χ2v) is 7.06. The van der Waals surface area contributed by atoms with E-state index in [0.29, 0.717) is 17.6 Å². The number of aliphatic carboxylic acids is 1. The number of carboxylic acids is 1. The number of carbonyl (C=O) groups excluding carboxylic acids is 2. The minimum atomic E-state index is -1.20. The van der Waals surface area contributed by atoms with Gasteiger partial charge in [0.15, 0.2) is 0 Å². The van der Waals surface area contributed by atoms with Gasteiger partial charge >= 0.3 is 5.97 Å². The number of carbonyl (C=O) groups is 2. The van der Waals surface area contributed by atoms with Crippen molar-refractivity contribution in [3.63, 3.8) is 0 Å². The zero-order valence-electron chi connectivity index (χ0n) is 14.4. The molecule has 21 heavy (non-hydrogen) atoms. The van der Waals surface area contributed by atoms with Crippen LogP contribution in [0.4, 0.5) is 0 Å². The van der Waals surface area contributed by atoms with Gasteiger partial charge in [-0.25, -0.2) is 0 Å². The average Bonchev–Trinajstić information content (AvgIpc) is 2.09. The molecule has 0 aliphatic heterocycles. The van der Waals surface area contributed by atoms with E-state index >= 15 is 0 Å². The van der Waals surface area contributed by atoms with Gasteiger partial charge in [0.05, 0.1) is 42.3 Å². The van der Waals surface area contributed by atoms with Gasteiger partial charge < -0.3 is 28.7 Å². The molecule has 7 nitrogen and oxygen atoms in total. The number of esters is 1. The van der Waals surface area contributed by atoms with Crippen LogP contribution in [-0.2, 0) is 14.3 Å².